The van der Waals surface area contributed by atoms with Gasteiger partial charge in [0.15, 0.2) is 0 Å². The highest BCUT2D eigenvalue weighted by Crippen LogP contribution is 2.44. The number of rotatable bonds is 4. The van der Waals surface area contributed by atoms with Crippen LogP contribution >= 0.6 is 0 Å². The molecule has 1 saturated carbocycles. The fourth-order valence-electron chi connectivity index (χ4n) is 2.16. The van der Waals surface area contributed by atoms with Gasteiger partial charge in [0.1, 0.15) is 0 Å². The molecule has 0 amide bonds. The maximum atomic E-state index is 11.1. The molecule has 2 rings (SSSR count). The summed E-state index contributed by atoms with van der Waals surface area (Å²) in [5.41, 5.74) is 0.695. The Bertz CT molecular complexity index is 366. The molecule has 4 nitrogen and oxygen atoms in total. The minimum absolute atomic E-state index is 0.435. The lowest BCUT2D eigenvalue weighted by Crippen LogP contribution is -2.38. The van der Waals surface area contributed by atoms with Gasteiger partial charge in [-0.25, -0.2) is 0 Å². The lowest BCUT2D eigenvalue weighted by molar-refractivity contribution is -0.155. The molecule has 0 aromatic carbocycles. The number of aromatic nitrogens is 2. The van der Waals surface area contributed by atoms with Crippen molar-refractivity contribution in [2.75, 3.05) is 0 Å². The van der Waals surface area contributed by atoms with Crippen LogP contribution in [0.25, 0.3) is 0 Å². The third-order valence-electron chi connectivity index (χ3n) is 3.41. The van der Waals surface area contributed by atoms with E-state index in [0.29, 0.717) is 0 Å². The van der Waals surface area contributed by atoms with Crippen molar-refractivity contribution in [1.29, 1.82) is 0 Å². The van der Waals surface area contributed by atoms with Crippen molar-refractivity contribution >= 4 is 5.97 Å². The molecule has 4 heteroatoms. The summed E-state index contributed by atoms with van der Waals surface area (Å²) >= 11 is 0. The Hall–Kier alpha value is -1.32. The molecule has 1 aromatic heterocycles. The molecule has 1 aromatic rings. The van der Waals surface area contributed by atoms with E-state index in [-0.39, 0.29) is 0 Å². The van der Waals surface area contributed by atoms with Crippen LogP contribution in [-0.4, -0.2) is 20.9 Å². The van der Waals surface area contributed by atoms with E-state index in [2.05, 4.69) is 5.10 Å². The highest BCUT2D eigenvalue weighted by Gasteiger charge is 2.43. The van der Waals surface area contributed by atoms with Gasteiger partial charge < -0.3 is 5.11 Å². The van der Waals surface area contributed by atoms with Crippen molar-refractivity contribution < 1.29 is 9.90 Å². The molecule has 1 fully saturated rings. The fourth-order valence-corrected chi connectivity index (χ4v) is 2.16. The second kappa shape index (κ2) is 3.68. The monoisotopic (exact) mass is 208 g/mol. The topological polar surface area (TPSA) is 55.1 Å². The second-order valence-electron chi connectivity index (χ2n) is 4.46. The van der Waals surface area contributed by atoms with Gasteiger partial charge in [-0.3, -0.25) is 9.48 Å². The molecule has 0 spiro atoms. The molecular formula is C11H16N2O2. The zero-order valence-electron chi connectivity index (χ0n) is 8.94. The number of hydrogen-bond donors (Lipinski definition) is 1. The van der Waals surface area contributed by atoms with E-state index in [4.69, 9.17) is 5.11 Å². The molecule has 0 unspecified atom stereocenters. The molecule has 0 aliphatic heterocycles. The van der Waals surface area contributed by atoms with Crippen molar-refractivity contribution in [2.24, 2.45) is 12.5 Å². The van der Waals surface area contributed by atoms with Gasteiger partial charge in [-0.2, -0.15) is 5.10 Å². The minimum atomic E-state index is -0.627. The van der Waals surface area contributed by atoms with Crippen molar-refractivity contribution in [3.05, 3.63) is 18.0 Å². The van der Waals surface area contributed by atoms with Gasteiger partial charge in [0.25, 0.3) is 0 Å². The van der Waals surface area contributed by atoms with Gasteiger partial charge in [0.2, 0.25) is 0 Å². The molecule has 0 bridgehead atoms. The third-order valence-corrected chi connectivity index (χ3v) is 3.41. The molecule has 15 heavy (non-hydrogen) atoms. The van der Waals surface area contributed by atoms with Crippen molar-refractivity contribution in [2.45, 2.75) is 32.1 Å². The minimum Gasteiger partial charge on any atom is -0.481 e. The normalized spacial score (nSPS) is 18.5. The van der Waals surface area contributed by atoms with E-state index in [1.54, 1.807) is 4.68 Å². The summed E-state index contributed by atoms with van der Waals surface area (Å²) in [5.74, 6) is -0.627. The highest BCUT2D eigenvalue weighted by atomic mass is 16.4. The Morgan fingerprint density at radius 1 is 1.67 bits per heavy atom. The number of carboxylic acid groups (broad SMARTS) is 1. The van der Waals surface area contributed by atoms with E-state index in [0.717, 1.165) is 37.7 Å². The fraction of sp³-hybridized carbons (Fsp3) is 0.636. The number of carboxylic acids is 1. The molecule has 1 aliphatic rings. The van der Waals surface area contributed by atoms with Gasteiger partial charge >= 0.3 is 5.97 Å². The molecule has 0 atom stereocenters. The zero-order chi connectivity index (χ0) is 10.9. The first-order valence-electron chi connectivity index (χ1n) is 5.33. The summed E-state index contributed by atoms with van der Waals surface area (Å²) in [5, 5.41) is 13.2. The van der Waals surface area contributed by atoms with Crippen molar-refractivity contribution in [3.8, 4) is 0 Å². The zero-order valence-corrected chi connectivity index (χ0v) is 8.94. The summed E-state index contributed by atoms with van der Waals surface area (Å²) in [6.45, 7) is 0. The Balaban J connectivity index is 1.95. The standard InChI is InChI=1S/C11H16N2O2/c1-13-8-9(7-12-13)3-6-11(10(14)15)4-2-5-11/h7-8H,2-6H2,1H3,(H,14,15). The van der Waals surface area contributed by atoms with Crippen LogP contribution in [0, 0.1) is 5.41 Å². The van der Waals surface area contributed by atoms with Crippen molar-refractivity contribution in [3.63, 3.8) is 0 Å². The second-order valence-corrected chi connectivity index (χ2v) is 4.46. The van der Waals surface area contributed by atoms with Gasteiger partial charge in [0, 0.05) is 13.2 Å². The molecular weight excluding hydrogens is 192 g/mol. The Kier molecular flexibility index (Phi) is 2.50. The summed E-state index contributed by atoms with van der Waals surface area (Å²) in [6, 6.07) is 0. The molecule has 82 valence electrons. The smallest absolute Gasteiger partial charge is 0.309 e. The van der Waals surface area contributed by atoms with Gasteiger partial charge in [-0.15, -0.1) is 0 Å². The number of aryl methyl sites for hydroxylation is 2. The lowest BCUT2D eigenvalue weighted by atomic mass is 9.66. The quantitative estimate of drug-likeness (QED) is 0.817. The summed E-state index contributed by atoms with van der Waals surface area (Å²) in [6.07, 6.45) is 8.06. The van der Waals surface area contributed by atoms with Gasteiger partial charge in [0.05, 0.1) is 11.6 Å². The van der Waals surface area contributed by atoms with Crippen LogP contribution in [-0.2, 0) is 18.3 Å². The summed E-state index contributed by atoms with van der Waals surface area (Å²) in [4.78, 5) is 11.1. The highest BCUT2D eigenvalue weighted by molar-refractivity contribution is 5.75. The summed E-state index contributed by atoms with van der Waals surface area (Å²) < 4.78 is 1.75. The summed E-state index contributed by atoms with van der Waals surface area (Å²) in [7, 11) is 1.87. The van der Waals surface area contributed by atoms with Crippen LogP contribution in [0.4, 0.5) is 0 Å². The third kappa shape index (κ3) is 1.89. The molecule has 1 heterocycles. The average Bonchev–Trinajstić information content (AvgIpc) is 2.49. The molecule has 0 radical (unpaired) electrons. The number of nitrogens with zero attached hydrogens (tertiary/aromatic N) is 2. The molecule has 1 N–H and O–H groups in total. The molecule has 1 aliphatic carbocycles. The average molecular weight is 208 g/mol. The van der Waals surface area contributed by atoms with E-state index in [9.17, 15) is 4.79 Å². The first kappa shape index (κ1) is 10.2. The largest absolute Gasteiger partial charge is 0.481 e. The predicted molar refractivity (Wildman–Crippen MR) is 55.4 cm³/mol. The van der Waals surface area contributed by atoms with E-state index in [1.165, 1.54) is 0 Å². The predicted octanol–water partition coefficient (Wildman–Crippen LogP) is 1.61. The number of carbonyl (C=O) groups is 1. The van der Waals surface area contributed by atoms with E-state index < -0.39 is 11.4 Å². The Morgan fingerprint density at radius 3 is 2.80 bits per heavy atom. The SMILES string of the molecule is Cn1cc(CCC2(C(=O)O)CCC2)cn1. The van der Waals surface area contributed by atoms with Crippen LogP contribution in [0.1, 0.15) is 31.2 Å². The number of aliphatic carboxylic acids is 1. The first-order valence-corrected chi connectivity index (χ1v) is 5.33. The van der Waals surface area contributed by atoms with Crippen LogP contribution in [0.2, 0.25) is 0 Å². The molecule has 0 saturated heterocycles. The van der Waals surface area contributed by atoms with Crippen molar-refractivity contribution in [1.82, 2.24) is 9.78 Å². The Labute approximate surface area is 88.9 Å². The van der Waals surface area contributed by atoms with Crippen LogP contribution < -0.4 is 0 Å². The van der Waals surface area contributed by atoms with E-state index >= 15 is 0 Å². The maximum absolute atomic E-state index is 11.1. The maximum Gasteiger partial charge on any atom is 0.309 e. The number of hydrogen-bond acceptors (Lipinski definition) is 2. The van der Waals surface area contributed by atoms with Crippen LogP contribution in [0.3, 0.4) is 0 Å². The van der Waals surface area contributed by atoms with Gasteiger partial charge in [-0.05, 0) is 31.2 Å². The van der Waals surface area contributed by atoms with Crippen LogP contribution in [0.15, 0.2) is 12.4 Å². The van der Waals surface area contributed by atoms with Gasteiger partial charge in [-0.1, -0.05) is 6.42 Å². The lowest BCUT2D eigenvalue weighted by Gasteiger charge is -2.37. The first-order chi connectivity index (χ1) is 7.12. The van der Waals surface area contributed by atoms with Crippen LogP contribution in [0.5, 0.6) is 0 Å². The van der Waals surface area contributed by atoms with E-state index in [1.807, 2.05) is 19.4 Å². The Morgan fingerprint density at radius 2 is 2.40 bits per heavy atom.